The van der Waals surface area contributed by atoms with E-state index in [9.17, 15) is 0 Å². The fraction of sp³-hybridized carbons (Fsp3) is 0.250. The van der Waals surface area contributed by atoms with Crippen LogP contribution in [0.15, 0.2) is 127 Å². The number of hydrogen-bond donors (Lipinski definition) is 0. The van der Waals surface area contributed by atoms with Gasteiger partial charge in [0, 0.05) is 68.2 Å². The highest BCUT2D eigenvalue weighted by molar-refractivity contribution is 7.26. The van der Waals surface area contributed by atoms with E-state index in [-0.39, 0.29) is 21.7 Å². The number of thiophene rings is 2. The predicted molar refractivity (Wildman–Crippen MR) is 259 cm³/mol. The lowest BCUT2D eigenvalue weighted by molar-refractivity contribution is 0.573. The molecule has 292 valence electrons. The van der Waals surface area contributed by atoms with E-state index >= 15 is 0 Å². The molecule has 0 unspecified atom stereocenters. The average molecular weight is 802 g/mol. The van der Waals surface area contributed by atoms with Crippen LogP contribution in [-0.4, -0.2) is 0 Å². The van der Waals surface area contributed by atoms with E-state index in [2.05, 4.69) is 202 Å². The molecule has 0 atom stereocenters. The molecule has 2 aliphatic carbocycles. The summed E-state index contributed by atoms with van der Waals surface area (Å²) >= 11 is 3.87. The molecule has 0 aliphatic heterocycles. The third kappa shape index (κ3) is 5.26. The van der Waals surface area contributed by atoms with Crippen LogP contribution in [0.5, 0.6) is 0 Å². The maximum absolute atomic E-state index is 2.52. The molecule has 9 aromatic rings. The summed E-state index contributed by atoms with van der Waals surface area (Å²) in [5.74, 6) is 0. The first-order valence-electron chi connectivity index (χ1n) is 21.2. The van der Waals surface area contributed by atoms with Gasteiger partial charge in [-0.1, -0.05) is 142 Å². The van der Waals surface area contributed by atoms with Gasteiger partial charge in [0.2, 0.25) is 0 Å². The Bertz CT molecular complexity index is 3240. The minimum absolute atomic E-state index is 0.0365. The van der Waals surface area contributed by atoms with Crippen molar-refractivity contribution >= 4 is 80.1 Å². The zero-order valence-electron chi connectivity index (χ0n) is 35.9. The number of fused-ring (bicyclic) bond motifs is 13. The quantitative estimate of drug-likeness (QED) is 0.172. The van der Waals surface area contributed by atoms with Crippen LogP contribution in [0.1, 0.15) is 103 Å². The lowest BCUT2D eigenvalue weighted by Crippen LogP contribution is -2.18. The first kappa shape index (κ1) is 36.8. The number of benzene rings is 7. The number of rotatable bonds is 3. The summed E-state index contributed by atoms with van der Waals surface area (Å²) in [5, 5.41) is 5.51. The molecule has 11 rings (SSSR count). The summed E-state index contributed by atoms with van der Waals surface area (Å²) in [5.41, 5.74) is 17.3. The fourth-order valence-corrected chi connectivity index (χ4v) is 13.1. The van der Waals surface area contributed by atoms with Crippen LogP contribution in [0.25, 0.3) is 62.6 Å². The molecule has 0 amide bonds. The third-order valence-corrected chi connectivity index (χ3v) is 16.0. The van der Waals surface area contributed by atoms with Crippen LogP contribution in [0.2, 0.25) is 0 Å². The molecule has 0 N–H and O–H groups in total. The molecule has 2 aromatic heterocycles. The fourth-order valence-electron chi connectivity index (χ4n) is 10.5. The normalized spacial score (nSPS) is 15.2. The number of hydrogen-bond acceptors (Lipinski definition) is 3. The summed E-state index contributed by atoms with van der Waals surface area (Å²) in [6, 6.07) is 49.2. The maximum atomic E-state index is 2.52. The highest BCUT2D eigenvalue weighted by Crippen LogP contribution is 2.57. The lowest BCUT2D eigenvalue weighted by atomic mass is 9.77. The molecular formula is C56H51NS2. The lowest BCUT2D eigenvalue weighted by Gasteiger charge is -2.30. The Kier molecular flexibility index (Phi) is 7.60. The maximum Gasteiger partial charge on any atom is 0.0476 e. The molecule has 0 fully saturated rings. The van der Waals surface area contributed by atoms with Gasteiger partial charge in [-0.15, -0.1) is 22.7 Å². The zero-order chi connectivity index (χ0) is 41.0. The van der Waals surface area contributed by atoms with Crippen molar-refractivity contribution in [1.29, 1.82) is 0 Å². The minimum atomic E-state index is -0.212. The topological polar surface area (TPSA) is 3.24 Å². The molecule has 2 heterocycles. The Hall–Kier alpha value is -5.22. The van der Waals surface area contributed by atoms with Gasteiger partial charge in [0.15, 0.2) is 0 Å². The highest BCUT2D eigenvalue weighted by atomic mass is 32.1. The largest absolute Gasteiger partial charge is 0.310 e. The number of anilines is 3. The Morgan fingerprint density at radius 1 is 0.441 bits per heavy atom. The van der Waals surface area contributed by atoms with Gasteiger partial charge in [-0.3, -0.25) is 0 Å². The van der Waals surface area contributed by atoms with Crippen LogP contribution in [0.3, 0.4) is 0 Å². The van der Waals surface area contributed by atoms with E-state index in [0.717, 1.165) is 0 Å². The Balaban J connectivity index is 1.12. The van der Waals surface area contributed by atoms with Crippen molar-refractivity contribution in [3.05, 3.63) is 161 Å². The Morgan fingerprint density at radius 3 is 1.76 bits per heavy atom. The minimum Gasteiger partial charge on any atom is -0.310 e. The second-order valence-corrected chi connectivity index (χ2v) is 22.4. The van der Waals surface area contributed by atoms with E-state index < -0.39 is 0 Å². The molecule has 3 heteroatoms. The van der Waals surface area contributed by atoms with Crippen molar-refractivity contribution in [2.75, 3.05) is 4.90 Å². The van der Waals surface area contributed by atoms with Crippen LogP contribution in [-0.2, 0) is 21.7 Å². The van der Waals surface area contributed by atoms with Crippen molar-refractivity contribution < 1.29 is 0 Å². The zero-order valence-corrected chi connectivity index (χ0v) is 37.5. The van der Waals surface area contributed by atoms with Gasteiger partial charge in [-0.05, 0) is 121 Å². The monoisotopic (exact) mass is 801 g/mol. The van der Waals surface area contributed by atoms with E-state index in [1.807, 2.05) is 22.7 Å². The summed E-state index contributed by atoms with van der Waals surface area (Å²) in [4.78, 5) is 2.52. The van der Waals surface area contributed by atoms with Crippen LogP contribution in [0.4, 0.5) is 17.1 Å². The molecule has 0 saturated carbocycles. The van der Waals surface area contributed by atoms with E-state index in [0.29, 0.717) is 0 Å². The second kappa shape index (κ2) is 12.2. The Morgan fingerprint density at radius 2 is 1.03 bits per heavy atom. The van der Waals surface area contributed by atoms with Gasteiger partial charge in [0.05, 0.1) is 0 Å². The van der Waals surface area contributed by atoms with Crippen LogP contribution < -0.4 is 4.90 Å². The van der Waals surface area contributed by atoms with Gasteiger partial charge in [-0.25, -0.2) is 0 Å². The van der Waals surface area contributed by atoms with Crippen LogP contribution >= 0.6 is 22.7 Å². The van der Waals surface area contributed by atoms with Gasteiger partial charge >= 0.3 is 0 Å². The summed E-state index contributed by atoms with van der Waals surface area (Å²) in [6.45, 7) is 23.9. The Labute approximate surface area is 357 Å². The first-order chi connectivity index (χ1) is 28.0. The molecule has 0 bridgehead atoms. The molecule has 7 aromatic carbocycles. The summed E-state index contributed by atoms with van der Waals surface area (Å²) in [6.07, 6.45) is 0. The van der Waals surface area contributed by atoms with Crippen molar-refractivity contribution in [3.63, 3.8) is 0 Å². The van der Waals surface area contributed by atoms with Crippen molar-refractivity contribution in [1.82, 2.24) is 0 Å². The summed E-state index contributed by atoms with van der Waals surface area (Å²) < 4.78 is 5.46. The molecule has 2 aliphatic rings. The smallest absolute Gasteiger partial charge is 0.0476 e. The number of nitrogens with zero attached hydrogens (tertiary/aromatic N) is 1. The molecule has 0 spiro atoms. The third-order valence-electron chi connectivity index (χ3n) is 13.7. The van der Waals surface area contributed by atoms with Gasteiger partial charge in [0.25, 0.3) is 0 Å². The predicted octanol–water partition coefficient (Wildman–Crippen LogP) is 17.1. The van der Waals surface area contributed by atoms with Crippen LogP contribution in [0, 0.1) is 0 Å². The average Bonchev–Trinajstić information content (AvgIpc) is 3.89. The highest BCUT2D eigenvalue weighted by Gasteiger charge is 2.40. The molecule has 59 heavy (non-hydrogen) atoms. The first-order valence-corrected chi connectivity index (χ1v) is 22.8. The van der Waals surface area contributed by atoms with E-state index in [1.165, 1.54) is 113 Å². The van der Waals surface area contributed by atoms with Crippen molar-refractivity contribution in [3.8, 4) is 22.3 Å². The van der Waals surface area contributed by atoms with E-state index in [1.54, 1.807) is 0 Å². The second-order valence-electron chi connectivity index (χ2n) is 20.2. The van der Waals surface area contributed by atoms with Crippen molar-refractivity contribution in [2.45, 2.75) is 90.9 Å². The van der Waals surface area contributed by atoms with Gasteiger partial charge in [-0.2, -0.15) is 0 Å². The van der Waals surface area contributed by atoms with E-state index in [4.69, 9.17) is 0 Å². The molecule has 0 saturated heterocycles. The summed E-state index contributed by atoms with van der Waals surface area (Å²) in [7, 11) is 0. The van der Waals surface area contributed by atoms with Gasteiger partial charge in [0.1, 0.15) is 0 Å². The molecule has 0 radical (unpaired) electrons. The SMILES string of the molecule is CC(C)(C)c1cc(C(C)(C)C)c2sc3ccc4c(c3c2c1)C(C)(C)c1cc(N(c2ccc3c(c2)C(C)(C)c2ccccc2-3)c2ccc3c(c2)sc2ccccc23)ccc1-4. The molecular weight excluding hydrogens is 751 g/mol. The van der Waals surface area contributed by atoms with Crippen molar-refractivity contribution in [2.24, 2.45) is 0 Å². The molecule has 1 nitrogen and oxygen atoms in total. The standard InChI is InChI=1S/C56H51NS2/c1-53(2,3)32-27-42-50-48(59-52(42)46(28-32)54(4,5)6)26-25-41-38-23-20-34(30-45(38)56(9,10)51(41)50)57(35-21-24-40-39-16-12-14-18-47(39)58-49(40)31-35)33-19-22-37-36-15-11-13-17-43(36)55(7,8)44(37)29-33/h11-31H,1-10H3. The van der Waals surface area contributed by atoms with Gasteiger partial charge < -0.3 is 4.90 Å².